The molecule has 1 saturated heterocycles. The van der Waals surface area contributed by atoms with Gasteiger partial charge < -0.3 is 5.32 Å². The average Bonchev–Trinajstić information content (AvgIpc) is 2.31. The number of nitrogens with one attached hydrogen (secondary N) is 1. The first-order valence-corrected chi connectivity index (χ1v) is 6.87. The fraction of sp³-hybridized carbons (Fsp3) is 0.538. The summed E-state index contributed by atoms with van der Waals surface area (Å²) in [5, 5.41) is 3.21. The van der Waals surface area contributed by atoms with Crippen molar-refractivity contribution in [3.63, 3.8) is 0 Å². The molecule has 0 saturated carbocycles. The number of hydrogen-bond acceptors (Lipinski definition) is 2. The van der Waals surface area contributed by atoms with Crippen molar-refractivity contribution in [2.45, 2.75) is 25.3 Å². The van der Waals surface area contributed by atoms with E-state index < -0.39 is 0 Å². The maximum Gasteiger partial charge on any atom is 0.0202 e. The van der Waals surface area contributed by atoms with E-state index in [9.17, 15) is 0 Å². The van der Waals surface area contributed by atoms with Gasteiger partial charge in [-0.1, -0.05) is 24.3 Å². The highest BCUT2D eigenvalue weighted by molar-refractivity contribution is 7.99. The van der Waals surface area contributed by atoms with Gasteiger partial charge in [-0.05, 0) is 48.4 Å². The van der Waals surface area contributed by atoms with Gasteiger partial charge in [-0.3, -0.25) is 0 Å². The van der Waals surface area contributed by atoms with Crippen LogP contribution in [0.25, 0.3) is 0 Å². The Balaban J connectivity index is 2.09. The Morgan fingerprint density at radius 1 is 1.33 bits per heavy atom. The van der Waals surface area contributed by atoms with Crippen LogP contribution in [0.4, 0.5) is 0 Å². The van der Waals surface area contributed by atoms with Gasteiger partial charge in [0.15, 0.2) is 0 Å². The van der Waals surface area contributed by atoms with Crippen LogP contribution in [0.3, 0.4) is 0 Å². The van der Waals surface area contributed by atoms with Crippen LogP contribution >= 0.6 is 11.8 Å². The van der Waals surface area contributed by atoms with Gasteiger partial charge in [0.05, 0.1) is 0 Å². The molecule has 0 aromatic heterocycles. The zero-order valence-corrected chi connectivity index (χ0v) is 10.1. The predicted molar refractivity (Wildman–Crippen MR) is 68.5 cm³/mol. The van der Waals surface area contributed by atoms with Crippen LogP contribution in [0.15, 0.2) is 24.3 Å². The Morgan fingerprint density at radius 3 is 2.87 bits per heavy atom. The molecule has 1 aliphatic rings. The van der Waals surface area contributed by atoms with Gasteiger partial charge in [-0.25, -0.2) is 0 Å². The van der Waals surface area contributed by atoms with Crippen LogP contribution in [-0.2, 0) is 6.54 Å². The smallest absolute Gasteiger partial charge is 0.0202 e. The van der Waals surface area contributed by atoms with Crippen LogP contribution in [-0.4, -0.2) is 18.6 Å². The summed E-state index contributed by atoms with van der Waals surface area (Å²) in [6, 6.07) is 9.07. The molecule has 2 heteroatoms. The van der Waals surface area contributed by atoms with Crippen molar-refractivity contribution >= 4 is 11.8 Å². The highest BCUT2D eigenvalue weighted by Crippen LogP contribution is 2.31. The van der Waals surface area contributed by atoms with Crippen molar-refractivity contribution in [3.8, 4) is 0 Å². The molecule has 2 rings (SSSR count). The van der Waals surface area contributed by atoms with E-state index in [1.54, 1.807) is 5.56 Å². The Kier molecular flexibility index (Phi) is 4.09. The van der Waals surface area contributed by atoms with E-state index in [1.807, 2.05) is 7.05 Å². The minimum Gasteiger partial charge on any atom is -0.316 e. The third-order valence-corrected chi connectivity index (χ3v) is 4.07. The summed E-state index contributed by atoms with van der Waals surface area (Å²) in [7, 11) is 2.00. The maximum absolute atomic E-state index is 3.21. The topological polar surface area (TPSA) is 12.0 Å². The van der Waals surface area contributed by atoms with Crippen molar-refractivity contribution in [2.24, 2.45) is 0 Å². The Hall–Kier alpha value is -0.470. The van der Waals surface area contributed by atoms with E-state index >= 15 is 0 Å². The van der Waals surface area contributed by atoms with E-state index in [0.717, 1.165) is 12.5 Å². The quantitative estimate of drug-likeness (QED) is 0.842. The van der Waals surface area contributed by atoms with Gasteiger partial charge in [0.25, 0.3) is 0 Å². The third-order valence-electron chi connectivity index (χ3n) is 3.02. The lowest BCUT2D eigenvalue weighted by Crippen LogP contribution is -2.09. The summed E-state index contributed by atoms with van der Waals surface area (Å²) in [5.41, 5.74) is 2.95. The lowest BCUT2D eigenvalue weighted by molar-refractivity contribution is 0.635. The summed E-state index contributed by atoms with van der Waals surface area (Å²) in [5.74, 6) is 3.48. The highest BCUT2D eigenvalue weighted by atomic mass is 32.2. The van der Waals surface area contributed by atoms with Gasteiger partial charge in [0.2, 0.25) is 0 Å². The molecule has 1 aromatic rings. The van der Waals surface area contributed by atoms with Crippen LogP contribution in [0.5, 0.6) is 0 Å². The second kappa shape index (κ2) is 5.57. The number of rotatable bonds is 3. The number of hydrogen-bond donors (Lipinski definition) is 1. The summed E-state index contributed by atoms with van der Waals surface area (Å²) < 4.78 is 0. The SMILES string of the molecule is CNCc1cccc(C2CCSCC2)c1. The molecule has 0 amide bonds. The standard InChI is InChI=1S/C13H19NS/c1-14-10-11-3-2-4-13(9-11)12-5-7-15-8-6-12/h2-4,9,12,14H,5-8,10H2,1H3. The molecule has 82 valence electrons. The minimum absolute atomic E-state index is 0.808. The van der Waals surface area contributed by atoms with E-state index in [1.165, 1.54) is 29.9 Å². The monoisotopic (exact) mass is 221 g/mol. The zero-order chi connectivity index (χ0) is 10.5. The molecule has 0 atom stereocenters. The van der Waals surface area contributed by atoms with Crippen molar-refractivity contribution in [2.75, 3.05) is 18.6 Å². The normalized spacial score (nSPS) is 17.9. The molecule has 1 heterocycles. The lowest BCUT2D eigenvalue weighted by atomic mass is 9.92. The summed E-state index contributed by atoms with van der Waals surface area (Å²) in [6.45, 7) is 0.981. The highest BCUT2D eigenvalue weighted by Gasteiger charge is 2.15. The molecule has 1 aromatic carbocycles. The summed E-state index contributed by atoms with van der Waals surface area (Å²) in [6.07, 6.45) is 2.71. The van der Waals surface area contributed by atoms with Gasteiger partial charge in [-0.2, -0.15) is 11.8 Å². The molecule has 15 heavy (non-hydrogen) atoms. The summed E-state index contributed by atoms with van der Waals surface area (Å²) >= 11 is 2.10. The average molecular weight is 221 g/mol. The molecule has 0 spiro atoms. The second-order valence-corrected chi connectivity index (χ2v) is 5.39. The van der Waals surface area contributed by atoms with Crippen molar-refractivity contribution < 1.29 is 0 Å². The van der Waals surface area contributed by atoms with Crippen LogP contribution in [0, 0.1) is 0 Å². The maximum atomic E-state index is 3.21. The molecule has 0 bridgehead atoms. The largest absolute Gasteiger partial charge is 0.316 e. The fourth-order valence-electron chi connectivity index (χ4n) is 2.19. The zero-order valence-electron chi connectivity index (χ0n) is 9.33. The first kappa shape index (κ1) is 11.0. The molecule has 1 aliphatic heterocycles. The van der Waals surface area contributed by atoms with Crippen molar-refractivity contribution in [3.05, 3.63) is 35.4 Å². The number of thioether (sulfide) groups is 1. The van der Waals surface area contributed by atoms with Gasteiger partial charge in [0, 0.05) is 6.54 Å². The molecule has 1 nitrogen and oxygen atoms in total. The first-order valence-electron chi connectivity index (χ1n) is 5.71. The predicted octanol–water partition coefficient (Wildman–Crippen LogP) is 3.02. The van der Waals surface area contributed by atoms with E-state index in [2.05, 4.69) is 41.3 Å². The van der Waals surface area contributed by atoms with Gasteiger partial charge in [-0.15, -0.1) is 0 Å². The molecule has 1 N–H and O–H groups in total. The molecule has 0 radical (unpaired) electrons. The van der Waals surface area contributed by atoms with E-state index in [-0.39, 0.29) is 0 Å². The molecule has 0 aliphatic carbocycles. The van der Waals surface area contributed by atoms with Crippen molar-refractivity contribution in [1.82, 2.24) is 5.32 Å². The molecule has 1 fully saturated rings. The minimum atomic E-state index is 0.808. The molecular weight excluding hydrogens is 202 g/mol. The first-order chi connectivity index (χ1) is 7.40. The fourth-order valence-corrected chi connectivity index (χ4v) is 3.30. The van der Waals surface area contributed by atoms with Gasteiger partial charge in [0.1, 0.15) is 0 Å². The second-order valence-electron chi connectivity index (χ2n) is 4.16. The lowest BCUT2D eigenvalue weighted by Gasteiger charge is -2.22. The Labute approximate surface area is 96.7 Å². The molecular formula is C13H19NS. The third kappa shape index (κ3) is 2.99. The van der Waals surface area contributed by atoms with Crippen molar-refractivity contribution in [1.29, 1.82) is 0 Å². The summed E-state index contributed by atoms with van der Waals surface area (Å²) in [4.78, 5) is 0. The van der Waals surface area contributed by atoms with Crippen LogP contribution in [0.1, 0.15) is 29.9 Å². The van der Waals surface area contributed by atoms with Crippen LogP contribution < -0.4 is 5.32 Å². The Bertz CT molecular complexity index is 305. The van der Waals surface area contributed by atoms with Gasteiger partial charge >= 0.3 is 0 Å². The van der Waals surface area contributed by atoms with E-state index in [0.29, 0.717) is 0 Å². The number of benzene rings is 1. The van der Waals surface area contributed by atoms with E-state index in [4.69, 9.17) is 0 Å². The Morgan fingerprint density at radius 2 is 2.13 bits per heavy atom. The van der Waals surface area contributed by atoms with Crippen LogP contribution in [0.2, 0.25) is 0 Å². The molecule has 0 unspecified atom stereocenters.